The van der Waals surface area contributed by atoms with E-state index in [9.17, 15) is 13.9 Å². The predicted octanol–water partition coefficient (Wildman–Crippen LogP) is 3.82. The summed E-state index contributed by atoms with van der Waals surface area (Å²) in [5, 5.41) is 18.9. The third-order valence-corrected chi connectivity index (χ3v) is 2.89. The Labute approximate surface area is 103 Å². The molecule has 18 heavy (non-hydrogen) atoms. The standard InChI is InChI=1S/C14H11F2NO/c1-7(2)9-3-8(18)4-10-12(15)5-13(16)11(6-17)14(9)10/h3-5,7,18H,1-2H3. The van der Waals surface area contributed by atoms with Gasteiger partial charge < -0.3 is 5.11 Å². The molecule has 0 aliphatic rings. The highest BCUT2D eigenvalue weighted by atomic mass is 19.1. The van der Waals surface area contributed by atoms with Crippen LogP contribution in [0.25, 0.3) is 10.8 Å². The van der Waals surface area contributed by atoms with Crippen LogP contribution in [0.3, 0.4) is 0 Å². The number of halogens is 2. The minimum Gasteiger partial charge on any atom is -0.508 e. The van der Waals surface area contributed by atoms with Gasteiger partial charge in [0.25, 0.3) is 0 Å². The summed E-state index contributed by atoms with van der Waals surface area (Å²) in [5.74, 6) is -1.82. The van der Waals surface area contributed by atoms with Gasteiger partial charge in [-0.3, -0.25) is 0 Å². The molecule has 0 amide bonds. The third kappa shape index (κ3) is 1.78. The van der Waals surface area contributed by atoms with Gasteiger partial charge in [-0.25, -0.2) is 8.78 Å². The summed E-state index contributed by atoms with van der Waals surface area (Å²) in [7, 11) is 0. The summed E-state index contributed by atoms with van der Waals surface area (Å²) in [6.07, 6.45) is 0. The number of aromatic hydroxyl groups is 1. The van der Waals surface area contributed by atoms with Crippen molar-refractivity contribution in [3.05, 3.63) is 41.0 Å². The predicted molar refractivity (Wildman–Crippen MR) is 64.3 cm³/mol. The molecular weight excluding hydrogens is 236 g/mol. The Morgan fingerprint density at radius 3 is 2.39 bits per heavy atom. The molecule has 0 aliphatic carbocycles. The monoisotopic (exact) mass is 247 g/mol. The Hall–Kier alpha value is -2.15. The van der Waals surface area contributed by atoms with Gasteiger partial charge in [0.1, 0.15) is 23.5 Å². The van der Waals surface area contributed by atoms with Crippen LogP contribution in [0.15, 0.2) is 18.2 Å². The first-order valence-corrected chi connectivity index (χ1v) is 5.50. The third-order valence-electron chi connectivity index (χ3n) is 2.89. The molecule has 2 aromatic carbocycles. The second-order valence-electron chi connectivity index (χ2n) is 4.44. The van der Waals surface area contributed by atoms with E-state index in [2.05, 4.69) is 0 Å². The van der Waals surface area contributed by atoms with Gasteiger partial charge in [-0.1, -0.05) is 13.8 Å². The number of nitriles is 1. The van der Waals surface area contributed by atoms with Crippen LogP contribution in [0, 0.1) is 23.0 Å². The number of benzene rings is 2. The number of phenolic OH excluding ortho intramolecular Hbond substituents is 1. The summed E-state index contributed by atoms with van der Waals surface area (Å²) in [6.45, 7) is 3.66. The van der Waals surface area contributed by atoms with Gasteiger partial charge in [-0.15, -0.1) is 0 Å². The number of nitrogens with zero attached hydrogens (tertiary/aromatic N) is 1. The molecule has 0 aromatic heterocycles. The van der Waals surface area contributed by atoms with Crippen molar-refractivity contribution >= 4 is 10.8 Å². The van der Waals surface area contributed by atoms with Crippen molar-refractivity contribution in [2.75, 3.05) is 0 Å². The van der Waals surface area contributed by atoms with E-state index >= 15 is 0 Å². The summed E-state index contributed by atoms with van der Waals surface area (Å²) in [5.41, 5.74) is 0.370. The molecular formula is C14H11F2NO. The van der Waals surface area contributed by atoms with E-state index in [-0.39, 0.29) is 28.0 Å². The maximum atomic E-state index is 13.7. The molecule has 2 rings (SSSR count). The van der Waals surface area contributed by atoms with Crippen LogP contribution < -0.4 is 0 Å². The van der Waals surface area contributed by atoms with E-state index < -0.39 is 11.6 Å². The Kier molecular flexibility index (Phi) is 2.92. The quantitative estimate of drug-likeness (QED) is 0.832. The average molecular weight is 247 g/mol. The maximum absolute atomic E-state index is 13.7. The zero-order chi connectivity index (χ0) is 13.4. The number of hydrogen-bond acceptors (Lipinski definition) is 2. The van der Waals surface area contributed by atoms with Crippen molar-refractivity contribution < 1.29 is 13.9 Å². The minimum atomic E-state index is -0.880. The summed E-state index contributed by atoms with van der Waals surface area (Å²) in [6, 6.07) is 5.07. The maximum Gasteiger partial charge on any atom is 0.144 e. The van der Waals surface area contributed by atoms with E-state index in [0.717, 1.165) is 0 Å². The van der Waals surface area contributed by atoms with Crippen LogP contribution in [0.1, 0.15) is 30.9 Å². The number of hydrogen-bond donors (Lipinski definition) is 1. The first-order valence-electron chi connectivity index (χ1n) is 5.50. The van der Waals surface area contributed by atoms with Crippen molar-refractivity contribution in [2.45, 2.75) is 19.8 Å². The van der Waals surface area contributed by atoms with Crippen LogP contribution in [-0.4, -0.2) is 5.11 Å². The van der Waals surface area contributed by atoms with E-state index in [4.69, 9.17) is 5.26 Å². The molecule has 0 unspecified atom stereocenters. The molecule has 0 atom stereocenters. The molecule has 0 heterocycles. The summed E-state index contributed by atoms with van der Waals surface area (Å²) in [4.78, 5) is 0. The van der Waals surface area contributed by atoms with Gasteiger partial charge in [-0.05, 0) is 23.6 Å². The second kappa shape index (κ2) is 4.26. The fraction of sp³-hybridized carbons (Fsp3) is 0.214. The lowest BCUT2D eigenvalue weighted by Gasteiger charge is -2.13. The minimum absolute atomic E-state index is 0.0621. The topological polar surface area (TPSA) is 44.0 Å². The molecule has 0 spiro atoms. The molecule has 0 radical (unpaired) electrons. The lowest BCUT2D eigenvalue weighted by Crippen LogP contribution is -1.97. The Balaban J connectivity index is 3.06. The van der Waals surface area contributed by atoms with Gasteiger partial charge in [0.2, 0.25) is 0 Å². The normalized spacial score (nSPS) is 10.9. The Morgan fingerprint density at radius 2 is 1.83 bits per heavy atom. The molecule has 0 bridgehead atoms. The van der Waals surface area contributed by atoms with Crippen LogP contribution in [-0.2, 0) is 0 Å². The smallest absolute Gasteiger partial charge is 0.144 e. The second-order valence-corrected chi connectivity index (χ2v) is 4.44. The first-order chi connectivity index (χ1) is 8.45. The molecule has 0 aliphatic heterocycles. The van der Waals surface area contributed by atoms with Gasteiger partial charge in [0.05, 0.1) is 5.56 Å². The zero-order valence-electron chi connectivity index (χ0n) is 9.96. The molecule has 4 heteroatoms. The Morgan fingerprint density at radius 1 is 1.17 bits per heavy atom. The van der Waals surface area contributed by atoms with Crippen molar-refractivity contribution in [1.29, 1.82) is 5.26 Å². The summed E-state index contributed by atoms with van der Waals surface area (Å²) < 4.78 is 27.3. The van der Waals surface area contributed by atoms with Crippen molar-refractivity contribution in [2.24, 2.45) is 0 Å². The van der Waals surface area contributed by atoms with E-state index in [1.807, 2.05) is 13.8 Å². The number of rotatable bonds is 1. The molecule has 0 saturated heterocycles. The fourth-order valence-electron chi connectivity index (χ4n) is 2.06. The average Bonchev–Trinajstić information content (AvgIpc) is 2.29. The highest BCUT2D eigenvalue weighted by molar-refractivity contribution is 5.93. The summed E-state index contributed by atoms with van der Waals surface area (Å²) >= 11 is 0. The van der Waals surface area contributed by atoms with Crippen LogP contribution >= 0.6 is 0 Å². The molecule has 0 fully saturated rings. The van der Waals surface area contributed by atoms with Gasteiger partial charge in [0, 0.05) is 16.8 Å². The van der Waals surface area contributed by atoms with Crippen molar-refractivity contribution in [3.63, 3.8) is 0 Å². The van der Waals surface area contributed by atoms with Gasteiger partial charge >= 0.3 is 0 Å². The SMILES string of the molecule is CC(C)c1cc(O)cc2c(F)cc(F)c(C#N)c12. The molecule has 2 nitrogen and oxygen atoms in total. The molecule has 1 N–H and O–H groups in total. The highest BCUT2D eigenvalue weighted by Gasteiger charge is 2.18. The van der Waals surface area contributed by atoms with E-state index in [1.54, 1.807) is 6.07 Å². The van der Waals surface area contributed by atoms with Crippen LogP contribution in [0.5, 0.6) is 5.75 Å². The lowest BCUT2D eigenvalue weighted by atomic mass is 9.92. The highest BCUT2D eigenvalue weighted by Crippen LogP contribution is 2.34. The molecule has 92 valence electrons. The van der Waals surface area contributed by atoms with Crippen molar-refractivity contribution in [1.82, 2.24) is 0 Å². The largest absolute Gasteiger partial charge is 0.508 e. The fourth-order valence-corrected chi connectivity index (χ4v) is 2.06. The lowest BCUT2D eigenvalue weighted by molar-refractivity contribution is 0.474. The van der Waals surface area contributed by atoms with Gasteiger partial charge in [-0.2, -0.15) is 5.26 Å². The van der Waals surface area contributed by atoms with Crippen LogP contribution in [0.4, 0.5) is 8.78 Å². The van der Waals surface area contributed by atoms with E-state index in [1.165, 1.54) is 12.1 Å². The molecule has 0 saturated carbocycles. The molecule has 2 aromatic rings. The first kappa shape index (κ1) is 12.3. The van der Waals surface area contributed by atoms with E-state index in [0.29, 0.717) is 11.6 Å². The van der Waals surface area contributed by atoms with Crippen LogP contribution in [0.2, 0.25) is 0 Å². The number of fused-ring (bicyclic) bond motifs is 1. The number of phenols is 1. The zero-order valence-corrected chi connectivity index (χ0v) is 9.96. The van der Waals surface area contributed by atoms with Crippen molar-refractivity contribution in [3.8, 4) is 11.8 Å². The van der Waals surface area contributed by atoms with Gasteiger partial charge in [0.15, 0.2) is 0 Å². The Bertz CT molecular complexity index is 672.